The van der Waals surface area contributed by atoms with Crippen molar-refractivity contribution in [3.8, 4) is 5.75 Å². The zero-order valence-corrected chi connectivity index (χ0v) is 10.1. The van der Waals surface area contributed by atoms with E-state index in [1.54, 1.807) is 30.6 Å². The van der Waals surface area contributed by atoms with Crippen LogP contribution in [0.2, 0.25) is 0 Å². The highest BCUT2D eigenvalue weighted by Gasteiger charge is 2.06. The van der Waals surface area contributed by atoms with Gasteiger partial charge in [-0.25, -0.2) is 0 Å². The lowest BCUT2D eigenvalue weighted by Crippen LogP contribution is -2.15. The molecule has 0 aliphatic carbocycles. The van der Waals surface area contributed by atoms with Crippen LogP contribution in [0.15, 0.2) is 42.7 Å². The van der Waals surface area contributed by atoms with Crippen molar-refractivity contribution in [1.29, 1.82) is 0 Å². The molecule has 1 aromatic heterocycles. The van der Waals surface area contributed by atoms with Crippen molar-refractivity contribution >= 4 is 11.6 Å². The molecule has 1 heterocycles. The van der Waals surface area contributed by atoms with Crippen LogP contribution in [0.1, 0.15) is 11.1 Å². The van der Waals surface area contributed by atoms with Crippen molar-refractivity contribution in [1.82, 2.24) is 4.98 Å². The van der Waals surface area contributed by atoms with E-state index in [2.05, 4.69) is 10.3 Å². The fourth-order valence-electron chi connectivity index (χ4n) is 1.67. The van der Waals surface area contributed by atoms with Gasteiger partial charge >= 0.3 is 0 Å². The molecule has 0 unspecified atom stereocenters. The Morgan fingerprint density at radius 1 is 1.28 bits per heavy atom. The fourth-order valence-corrected chi connectivity index (χ4v) is 1.67. The molecule has 4 heteroatoms. The van der Waals surface area contributed by atoms with E-state index in [1.807, 2.05) is 19.1 Å². The number of nitrogens with one attached hydrogen (secondary N) is 1. The number of rotatable bonds is 3. The molecule has 2 aromatic rings. The Bertz CT molecular complexity index is 553. The summed E-state index contributed by atoms with van der Waals surface area (Å²) in [5.74, 6) is 0.106. The van der Waals surface area contributed by atoms with Crippen LogP contribution in [0.25, 0.3) is 0 Å². The number of aromatic nitrogens is 1. The second-order valence-corrected chi connectivity index (χ2v) is 4.08. The van der Waals surface area contributed by atoms with Crippen molar-refractivity contribution in [2.45, 2.75) is 13.3 Å². The van der Waals surface area contributed by atoms with Gasteiger partial charge in [-0.3, -0.25) is 9.78 Å². The molecule has 0 saturated heterocycles. The monoisotopic (exact) mass is 242 g/mol. The highest BCUT2D eigenvalue weighted by molar-refractivity contribution is 5.93. The van der Waals surface area contributed by atoms with Gasteiger partial charge in [0, 0.05) is 18.1 Å². The number of aryl methyl sites for hydroxylation is 1. The Morgan fingerprint density at radius 2 is 2.00 bits per heavy atom. The molecule has 0 aliphatic rings. The Balaban J connectivity index is 2.03. The van der Waals surface area contributed by atoms with Gasteiger partial charge in [-0.1, -0.05) is 0 Å². The first kappa shape index (κ1) is 12.1. The topological polar surface area (TPSA) is 62.2 Å². The van der Waals surface area contributed by atoms with E-state index in [1.165, 1.54) is 0 Å². The average Bonchev–Trinajstić information content (AvgIpc) is 2.34. The Morgan fingerprint density at radius 3 is 2.67 bits per heavy atom. The van der Waals surface area contributed by atoms with E-state index in [0.29, 0.717) is 12.1 Å². The standard InChI is InChI=1S/C14H14N2O2/c1-10-8-12(17)2-3-13(10)16-14(18)9-11-4-6-15-7-5-11/h2-8,17H,9H2,1H3,(H,16,18). The molecule has 1 amide bonds. The van der Waals surface area contributed by atoms with Crippen molar-refractivity contribution in [3.63, 3.8) is 0 Å². The summed E-state index contributed by atoms with van der Waals surface area (Å²) in [7, 11) is 0. The maximum absolute atomic E-state index is 11.8. The SMILES string of the molecule is Cc1cc(O)ccc1NC(=O)Cc1ccncc1. The lowest BCUT2D eigenvalue weighted by atomic mass is 10.1. The van der Waals surface area contributed by atoms with E-state index in [-0.39, 0.29) is 11.7 Å². The molecule has 0 radical (unpaired) electrons. The summed E-state index contributed by atoms with van der Waals surface area (Å²) < 4.78 is 0. The molecule has 0 spiro atoms. The molecule has 4 nitrogen and oxygen atoms in total. The zero-order chi connectivity index (χ0) is 13.0. The minimum atomic E-state index is -0.0880. The van der Waals surface area contributed by atoms with E-state index in [0.717, 1.165) is 11.1 Å². The molecular formula is C14H14N2O2. The number of hydrogen-bond acceptors (Lipinski definition) is 3. The quantitative estimate of drug-likeness (QED) is 0.812. The van der Waals surface area contributed by atoms with Crippen molar-refractivity contribution in [3.05, 3.63) is 53.9 Å². The van der Waals surface area contributed by atoms with Crippen LogP contribution in [-0.2, 0) is 11.2 Å². The second kappa shape index (κ2) is 5.31. The normalized spacial score (nSPS) is 10.1. The van der Waals surface area contributed by atoms with Crippen LogP contribution >= 0.6 is 0 Å². The molecule has 0 bridgehead atoms. The van der Waals surface area contributed by atoms with E-state index < -0.39 is 0 Å². The fraction of sp³-hybridized carbons (Fsp3) is 0.143. The number of carbonyl (C=O) groups is 1. The Labute approximate surface area is 105 Å². The zero-order valence-electron chi connectivity index (χ0n) is 10.1. The number of benzene rings is 1. The summed E-state index contributed by atoms with van der Waals surface area (Å²) >= 11 is 0. The van der Waals surface area contributed by atoms with Crippen LogP contribution in [-0.4, -0.2) is 16.0 Å². The molecule has 2 rings (SSSR count). The van der Waals surface area contributed by atoms with Crippen LogP contribution < -0.4 is 5.32 Å². The van der Waals surface area contributed by atoms with Gasteiger partial charge in [0.15, 0.2) is 0 Å². The maximum atomic E-state index is 11.8. The van der Waals surface area contributed by atoms with Crippen LogP contribution in [0.3, 0.4) is 0 Å². The Hall–Kier alpha value is -2.36. The largest absolute Gasteiger partial charge is 0.508 e. The lowest BCUT2D eigenvalue weighted by molar-refractivity contribution is -0.115. The molecule has 2 N–H and O–H groups in total. The molecule has 1 aromatic carbocycles. The second-order valence-electron chi connectivity index (χ2n) is 4.08. The third-order valence-corrected chi connectivity index (χ3v) is 2.60. The van der Waals surface area contributed by atoms with Crippen molar-refractivity contribution < 1.29 is 9.90 Å². The maximum Gasteiger partial charge on any atom is 0.228 e. The third-order valence-electron chi connectivity index (χ3n) is 2.60. The number of nitrogens with zero attached hydrogens (tertiary/aromatic N) is 1. The smallest absolute Gasteiger partial charge is 0.228 e. The van der Waals surface area contributed by atoms with E-state index >= 15 is 0 Å². The van der Waals surface area contributed by atoms with Gasteiger partial charge in [0.1, 0.15) is 5.75 Å². The van der Waals surface area contributed by atoms with Gasteiger partial charge in [0.25, 0.3) is 0 Å². The lowest BCUT2D eigenvalue weighted by Gasteiger charge is -2.08. The van der Waals surface area contributed by atoms with Crippen molar-refractivity contribution in [2.75, 3.05) is 5.32 Å². The van der Waals surface area contributed by atoms with Gasteiger partial charge < -0.3 is 10.4 Å². The van der Waals surface area contributed by atoms with Crippen LogP contribution in [0, 0.1) is 6.92 Å². The molecule has 92 valence electrons. The Kier molecular flexibility index (Phi) is 3.57. The summed E-state index contributed by atoms with van der Waals surface area (Å²) in [6.45, 7) is 1.84. The minimum absolute atomic E-state index is 0.0880. The third kappa shape index (κ3) is 3.07. The van der Waals surface area contributed by atoms with Crippen molar-refractivity contribution in [2.24, 2.45) is 0 Å². The molecule has 0 saturated carbocycles. The number of carbonyl (C=O) groups excluding carboxylic acids is 1. The molecule has 0 aliphatic heterocycles. The number of phenols is 1. The number of pyridine rings is 1. The van der Waals surface area contributed by atoms with E-state index in [4.69, 9.17) is 0 Å². The predicted octanol–water partition coefficient (Wildman–Crippen LogP) is 2.28. The van der Waals surface area contributed by atoms with Gasteiger partial charge in [-0.05, 0) is 48.4 Å². The summed E-state index contributed by atoms with van der Waals surface area (Å²) in [6, 6.07) is 8.47. The number of aromatic hydroxyl groups is 1. The van der Waals surface area contributed by atoms with Gasteiger partial charge in [-0.15, -0.1) is 0 Å². The van der Waals surface area contributed by atoms with Gasteiger partial charge in [-0.2, -0.15) is 0 Å². The molecule has 0 atom stereocenters. The van der Waals surface area contributed by atoms with Gasteiger partial charge in [0.2, 0.25) is 5.91 Å². The molecular weight excluding hydrogens is 228 g/mol. The highest BCUT2D eigenvalue weighted by atomic mass is 16.3. The summed E-state index contributed by atoms with van der Waals surface area (Å²) in [4.78, 5) is 15.7. The molecule has 0 fully saturated rings. The summed E-state index contributed by atoms with van der Waals surface area (Å²) in [5.41, 5.74) is 2.46. The number of phenolic OH excluding ortho intramolecular Hbond substituents is 1. The number of anilines is 1. The first-order chi connectivity index (χ1) is 8.65. The number of hydrogen-bond donors (Lipinski definition) is 2. The molecule has 18 heavy (non-hydrogen) atoms. The van der Waals surface area contributed by atoms with Crippen LogP contribution in [0.4, 0.5) is 5.69 Å². The average molecular weight is 242 g/mol. The van der Waals surface area contributed by atoms with Gasteiger partial charge in [0.05, 0.1) is 6.42 Å². The summed E-state index contributed by atoms with van der Waals surface area (Å²) in [5, 5.41) is 12.1. The summed E-state index contributed by atoms with van der Waals surface area (Å²) in [6.07, 6.45) is 3.63. The first-order valence-corrected chi connectivity index (χ1v) is 5.63. The minimum Gasteiger partial charge on any atom is -0.508 e. The number of amides is 1. The highest BCUT2D eigenvalue weighted by Crippen LogP contribution is 2.20. The predicted molar refractivity (Wildman–Crippen MR) is 69.4 cm³/mol. The van der Waals surface area contributed by atoms with Crippen LogP contribution in [0.5, 0.6) is 5.75 Å². The van der Waals surface area contributed by atoms with E-state index in [9.17, 15) is 9.90 Å². The first-order valence-electron chi connectivity index (χ1n) is 5.63.